The number of hydrogen-bond acceptors (Lipinski definition) is 2. The number of aromatic nitrogens is 2. The minimum absolute atomic E-state index is 0.796. The molecule has 1 aromatic heterocycles. The summed E-state index contributed by atoms with van der Waals surface area (Å²) in [5.74, 6) is 0. The lowest BCUT2D eigenvalue weighted by atomic mass is 10.1. The molecule has 3 nitrogen and oxygen atoms in total. The number of aryl methyl sites for hydroxylation is 2. The molecule has 0 atom stereocenters. The molecular weight excluding hydrogens is 198 g/mol. The van der Waals surface area contributed by atoms with Crippen molar-refractivity contribution in [3.63, 3.8) is 0 Å². The van der Waals surface area contributed by atoms with Gasteiger partial charge >= 0.3 is 0 Å². The van der Waals surface area contributed by atoms with E-state index in [1.54, 1.807) is 0 Å². The van der Waals surface area contributed by atoms with E-state index >= 15 is 0 Å². The molecule has 84 valence electrons. The van der Waals surface area contributed by atoms with Gasteiger partial charge in [0.15, 0.2) is 0 Å². The quantitative estimate of drug-likeness (QED) is 0.850. The number of rotatable bonds is 3. The average molecular weight is 215 g/mol. The fraction of sp³-hybridized carbons (Fsp3) is 0.308. The van der Waals surface area contributed by atoms with E-state index in [-0.39, 0.29) is 0 Å². The van der Waals surface area contributed by atoms with Gasteiger partial charge in [0.05, 0.1) is 5.69 Å². The molecule has 3 heteroatoms. The molecule has 1 heterocycles. The van der Waals surface area contributed by atoms with E-state index in [1.807, 2.05) is 18.8 Å². The Morgan fingerprint density at radius 1 is 1.25 bits per heavy atom. The minimum atomic E-state index is 0.796. The van der Waals surface area contributed by atoms with Crippen molar-refractivity contribution >= 4 is 0 Å². The summed E-state index contributed by atoms with van der Waals surface area (Å²) >= 11 is 0. The predicted octanol–water partition coefficient (Wildman–Crippen LogP) is 2.11. The Balaban J connectivity index is 2.42. The largest absolute Gasteiger partial charge is 0.314 e. The fourth-order valence-corrected chi connectivity index (χ4v) is 1.81. The zero-order valence-electron chi connectivity index (χ0n) is 9.99. The van der Waals surface area contributed by atoms with Crippen LogP contribution in [-0.2, 0) is 13.6 Å². The molecule has 0 spiro atoms. The van der Waals surface area contributed by atoms with Gasteiger partial charge in [-0.25, -0.2) is 0 Å². The molecule has 16 heavy (non-hydrogen) atoms. The maximum Gasteiger partial charge on any atom is 0.0840 e. The van der Waals surface area contributed by atoms with Crippen LogP contribution in [0.5, 0.6) is 0 Å². The van der Waals surface area contributed by atoms with Gasteiger partial charge in [0, 0.05) is 25.4 Å². The molecule has 1 N–H and O–H groups in total. The molecule has 0 aliphatic heterocycles. The van der Waals surface area contributed by atoms with E-state index in [9.17, 15) is 0 Å². The van der Waals surface area contributed by atoms with Gasteiger partial charge in [0.1, 0.15) is 0 Å². The highest BCUT2D eigenvalue weighted by Gasteiger charge is 2.08. The van der Waals surface area contributed by atoms with Crippen molar-refractivity contribution in [2.45, 2.75) is 13.5 Å². The summed E-state index contributed by atoms with van der Waals surface area (Å²) in [5, 5.41) is 7.60. The second kappa shape index (κ2) is 4.49. The highest BCUT2D eigenvalue weighted by atomic mass is 15.3. The summed E-state index contributed by atoms with van der Waals surface area (Å²) in [6.45, 7) is 2.89. The summed E-state index contributed by atoms with van der Waals surface area (Å²) in [7, 11) is 3.89. The summed E-state index contributed by atoms with van der Waals surface area (Å²) in [5.41, 5.74) is 4.80. The van der Waals surface area contributed by atoms with E-state index in [4.69, 9.17) is 0 Å². The summed E-state index contributed by atoms with van der Waals surface area (Å²) in [6, 6.07) is 8.55. The van der Waals surface area contributed by atoms with Crippen molar-refractivity contribution in [2.75, 3.05) is 7.05 Å². The zero-order valence-corrected chi connectivity index (χ0v) is 9.99. The van der Waals surface area contributed by atoms with Gasteiger partial charge in [0.25, 0.3) is 0 Å². The monoisotopic (exact) mass is 215 g/mol. The summed E-state index contributed by atoms with van der Waals surface area (Å²) in [6.07, 6.45) is 2.07. The molecular formula is C13H17N3. The number of nitrogens with one attached hydrogen (secondary N) is 1. The van der Waals surface area contributed by atoms with Crippen LogP contribution in [0.25, 0.3) is 11.1 Å². The first-order valence-electron chi connectivity index (χ1n) is 5.45. The molecule has 0 bridgehead atoms. The summed E-state index contributed by atoms with van der Waals surface area (Å²) < 4.78 is 1.86. The minimum Gasteiger partial charge on any atom is -0.314 e. The van der Waals surface area contributed by atoms with Crippen molar-refractivity contribution < 1.29 is 0 Å². The molecule has 0 saturated carbocycles. The summed E-state index contributed by atoms with van der Waals surface area (Å²) in [4.78, 5) is 0. The highest BCUT2D eigenvalue weighted by Crippen LogP contribution is 2.22. The van der Waals surface area contributed by atoms with Gasteiger partial charge in [0.2, 0.25) is 0 Å². The van der Waals surface area contributed by atoms with Crippen molar-refractivity contribution in [1.82, 2.24) is 15.1 Å². The van der Waals surface area contributed by atoms with Gasteiger partial charge < -0.3 is 5.32 Å². The van der Waals surface area contributed by atoms with Crippen molar-refractivity contribution in [2.24, 2.45) is 7.05 Å². The highest BCUT2D eigenvalue weighted by molar-refractivity contribution is 5.65. The molecule has 0 radical (unpaired) electrons. The van der Waals surface area contributed by atoms with Crippen LogP contribution in [-0.4, -0.2) is 16.8 Å². The lowest BCUT2D eigenvalue weighted by molar-refractivity contribution is 0.712. The molecule has 0 fully saturated rings. The van der Waals surface area contributed by atoms with E-state index in [0.29, 0.717) is 0 Å². The molecule has 0 unspecified atom stereocenters. The smallest absolute Gasteiger partial charge is 0.0840 e. The third kappa shape index (κ3) is 2.14. The van der Waals surface area contributed by atoms with Crippen molar-refractivity contribution in [3.8, 4) is 11.1 Å². The van der Waals surface area contributed by atoms with Gasteiger partial charge in [-0.2, -0.15) is 5.10 Å². The third-order valence-electron chi connectivity index (χ3n) is 2.61. The van der Waals surface area contributed by atoms with Crippen LogP contribution in [0, 0.1) is 6.92 Å². The van der Waals surface area contributed by atoms with Crippen LogP contribution in [0.2, 0.25) is 0 Å². The Bertz CT molecular complexity index is 468. The van der Waals surface area contributed by atoms with Crippen LogP contribution in [0.15, 0.2) is 30.5 Å². The molecule has 2 rings (SSSR count). The Morgan fingerprint density at radius 2 is 1.94 bits per heavy atom. The normalized spacial score (nSPS) is 10.7. The number of benzene rings is 1. The van der Waals surface area contributed by atoms with Crippen molar-refractivity contribution in [3.05, 3.63) is 41.7 Å². The van der Waals surface area contributed by atoms with Gasteiger partial charge in [-0.3, -0.25) is 4.68 Å². The maximum atomic E-state index is 4.45. The van der Waals surface area contributed by atoms with Crippen molar-refractivity contribution in [1.29, 1.82) is 0 Å². The molecule has 0 aliphatic rings. The molecule has 0 aliphatic carbocycles. The molecule has 2 aromatic rings. The van der Waals surface area contributed by atoms with Crippen LogP contribution in [0.4, 0.5) is 0 Å². The maximum absolute atomic E-state index is 4.45. The van der Waals surface area contributed by atoms with E-state index in [2.05, 4.69) is 47.8 Å². The predicted molar refractivity (Wildman–Crippen MR) is 66.1 cm³/mol. The zero-order chi connectivity index (χ0) is 11.5. The second-order valence-electron chi connectivity index (χ2n) is 4.06. The lowest BCUT2D eigenvalue weighted by Gasteiger charge is -2.02. The second-order valence-corrected chi connectivity index (χ2v) is 4.06. The van der Waals surface area contributed by atoms with Crippen LogP contribution < -0.4 is 5.32 Å². The van der Waals surface area contributed by atoms with Gasteiger partial charge in [-0.05, 0) is 19.5 Å². The Kier molecular flexibility index (Phi) is 3.06. The average Bonchev–Trinajstić information content (AvgIpc) is 2.61. The molecule has 0 saturated heterocycles. The first-order chi connectivity index (χ1) is 7.70. The first-order valence-corrected chi connectivity index (χ1v) is 5.45. The van der Waals surface area contributed by atoms with E-state index < -0.39 is 0 Å². The fourth-order valence-electron chi connectivity index (χ4n) is 1.81. The van der Waals surface area contributed by atoms with Gasteiger partial charge in [-0.15, -0.1) is 0 Å². The Hall–Kier alpha value is -1.61. The number of hydrogen-bond donors (Lipinski definition) is 1. The van der Waals surface area contributed by atoms with Crippen LogP contribution >= 0.6 is 0 Å². The Labute approximate surface area is 96.1 Å². The van der Waals surface area contributed by atoms with E-state index in [1.165, 1.54) is 16.7 Å². The SMILES string of the molecule is CNCc1nn(C)cc1-c1ccc(C)cc1. The van der Waals surface area contributed by atoms with Crippen LogP contribution in [0.1, 0.15) is 11.3 Å². The van der Waals surface area contributed by atoms with Crippen LogP contribution in [0.3, 0.4) is 0 Å². The molecule has 1 aromatic carbocycles. The first kappa shape index (κ1) is 10.9. The topological polar surface area (TPSA) is 29.9 Å². The number of nitrogens with zero attached hydrogens (tertiary/aromatic N) is 2. The Morgan fingerprint density at radius 3 is 2.56 bits per heavy atom. The van der Waals surface area contributed by atoms with Gasteiger partial charge in [-0.1, -0.05) is 29.8 Å². The van der Waals surface area contributed by atoms with E-state index in [0.717, 1.165) is 12.2 Å². The lowest BCUT2D eigenvalue weighted by Crippen LogP contribution is -2.07. The standard InChI is InChI=1S/C13H17N3/c1-10-4-6-11(7-5-10)12-9-16(3)15-13(12)8-14-2/h4-7,9,14H,8H2,1-3H3. The third-order valence-corrected chi connectivity index (χ3v) is 2.61. The molecule has 0 amide bonds.